The van der Waals surface area contributed by atoms with E-state index in [9.17, 15) is 55.3 Å². The summed E-state index contributed by atoms with van der Waals surface area (Å²) in [5.41, 5.74) is 9.81. The maximum atomic E-state index is 11.4. The summed E-state index contributed by atoms with van der Waals surface area (Å²) in [6.07, 6.45) is 11.8. The molecule has 0 heterocycles. The first-order chi connectivity index (χ1) is 20.3. The van der Waals surface area contributed by atoms with Crippen molar-refractivity contribution in [2.75, 3.05) is 0 Å². The first-order valence-corrected chi connectivity index (χ1v) is 18.2. The largest absolute Gasteiger partial charge is 0.548 e. The van der Waals surface area contributed by atoms with Crippen LogP contribution in [0.25, 0.3) is 0 Å². The van der Waals surface area contributed by atoms with E-state index in [1.54, 1.807) is 0 Å². The van der Waals surface area contributed by atoms with Crippen LogP contribution in [-0.4, -0.2) is 59.2 Å². The lowest BCUT2D eigenvalue weighted by Crippen LogP contribution is -2.55. The van der Waals surface area contributed by atoms with Gasteiger partial charge in [-0.05, 0) is 12.8 Å². The number of hydrogen-bond acceptors (Lipinski definition) is 10. The minimum absolute atomic E-state index is 0. The Bertz CT molecular complexity index is 1020. The second kappa shape index (κ2) is 25.7. The van der Waals surface area contributed by atoms with Crippen LogP contribution in [0.5, 0.6) is 0 Å². The van der Waals surface area contributed by atoms with Crippen LogP contribution in [0.4, 0.5) is 0 Å². The summed E-state index contributed by atoms with van der Waals surface area (Å²) in [5.74, 6) is -6.20. The summed E-state index contributed by atoms with van der Waals surface area (Å²) < 4.78 is 58.7. The molecule has 0 saturated carbocycles. The third kappa shape index (κ3) is 19.3. The molecule has 0 aromatic rings. The molecule has 0 saturated heterocycles. The Morgan fingerprint density at radius 1 is 0.522 bits per heavy atom. The van der Waals surface area contributed by atoms with Crippen molar-refractivity contribution in [2.24, 2.45) is 11.5 Å². The van der Waals surface area contributed by atoms with E-state index in [2.05, 4.69) is 13.8 Å². The van der Waals surface area contributed by atoms with E-state index < -0.39 is 66.3 Å². The Labute approximate surface area is 274 Å². The average molecular weight is 709 g/mol. The van der Waals surface area contributed by atoms with Crippen molar-refractivity contribution in [2.45, 2.75) is 152 Å². The van der Waals surface area contributed by atoms with Crippen LogP contribution in [0.3, 0.4) is 0 Å². The number of quaternary nitrogens is 2. The highest BCUT2D eigenvalue weighted by atomic mass is 32.2. The average Bonchev–Trinajstić information content (AvgIpc) is 2.88. The molecule has 2 atom stereocenters. The van der Waals surface area contributed by atoms with Gasteiger partial charge < -0.3 is 43.6 Å². The maximum Gasteiger partial charge on any atom is 0.276 e. The Balaban J connectivity index is -0.000000367. The molecule has 0 aliphatic carbocycles. The van der Waals surface area contributed by atoms with E-state index >= 15 is 0 Å². The molecule has 16 nitrogen and oxygen atoms in total. The molecule has 14 N–H and O–H groups in total. The van der Waals surface area contributed by atoms with Gasteiger partial charge in [0.25, 0.3) is 20.2 Å². The summed E-state index contributed by atoms with van der Waals surface area (Å²) in [6, 6.07) is 0. The summed E-state index contributed by atoms with van der Waals surface area (Å²) in [6.45, 7) is 4.24. The van der Waals surface area contributed by atoms with Crippen LogP contribution in [-0.2, 0) is 39.4 Å². The molecular weight excluding hydrogens is 648 g/mol. The zero-order valence-corrected chi connectivity index (χ0v) is 29.7. The number of carbonyl (C=O) groups excluding carboxylic acids is 4. The second-order valence-electron chi connectivity index (χ2n) is 11.2. The van der Waals surface area contributed by atoms with Crippen molar-refractivity contribution in [1.82, 2.24) is 12.3 Å². The van der Waals surface area contributed by atoms with E-state index in [0.29, 0.717) is 12.8 Å². The van der Waals surface area contributed by atoms with Crippen molar-refractivity contribution in [1.29, 1.82) is 0 Å². The summed E-state index contributed by atoms with van der Waals surface area (Å²) >= 11 is 0. The lowest BCUT2D eigenvalue weighted by Gasteiger charge is -2.30. The highest BCUT2D eigenvalue weighted by Crippen LogP contribution is 2.29. The minimum atomic E-state index is -4.99. The number of carboxylic acid groups (broad SMARTS) is 2. The Morgan fingerprint density at radius 3 is 0.913 bits per heavy atom. The van der Waals surface area contributed by atoms with Gasteiger partial charge in [-0.3, -0.25) is 18.7 Å². The molecule has 0 fully saturated rings. The third-order valence-electron chi connectivity index (χ3n) is 7.52. The van der Waals surface area contributed by atoms with Crippen LogP contribution in [0.2, 0.25) is 0 Å². The summed E-state index contributed by atoms with van der Waals surface area (Å²) in [5, 5.41) is 22.4. The quantitative estimate of drug-likeness (QED) is 0.0556. The van der Waals surface area contributed by atoms with Crippen LogP contribution < -0.4 is 34.0 Å². The first kappa shape index (κ1) is 50.5. The number of aliphatic carboxylic acids is 2. The molecule has 46 heavy (non-hydrogen) atoms. The second-order valence-corrected chi connectivity index (χ2v) is 14.7. The number of nitrogens with two attached hydrogens (primary N) is 2. The van der Waals surface area contributed by atoms with Crippen LogP contribution in [0.15, 0.2) is 0 Å². The van der Waals surface area contributed by atoms with Gasteiger partial charge in [-0.1, -0.05) is 117 Å². The third-order valence-corrected chi connectivity index (χ3v) is 10.5. The maximum absolute atomic E-state index is 11.4. The van der Waals surface area contributed by atoms with Gasteiger partial charge in [0.05, 0.1) is 24.8 Å². The Morgan fingerprint density at radius 2 is 0.739 bits per heavy atom. The van der Waals surface area contributed by atoms with E-state index in [-0.39, 0.29) is 38.0 Å². The van der Waals surface area contributed by atoms with Gasteiger partial charge in [0, 0.05) is 0 Å². The van der Waals surface area contributed by atoms with E-state index in [1.807, 2.05) is 0 Å². The predicted octanol–water partition coefficient (Wildman–Crippen LogP) is 2.29. The van der Waals surface area contributed by atoms with Gasteiger partial charge in [-0.25, -0.2) is 0 Å². The van der Waals surface area contributed by atoms with Crippen molar-refractivity contribution in [3.8, 4) is 0 Å². The van der Waals surface area contributed by atoms with Gasteiger partial charge in [-0.2, -0.15) is 16.8 Å². The van der Waals surface area contributed by atoms with Gasteiger partial charge >= 0.3 is 0 Å². The van der Waals surface area contributed by atoms with Crippen molar-refractivity contribution in [3.05, 3.63) is 0 Å². The zero-order valence-electron chi connectivity index (χ0n) is 28.1. The normalized spacial score (nSPS) is 13.8. The molecule has 0 bridgehead atoms. The minimum Gasteiger partial charge on any atom is -0.548 e. The zero-order chi connectivity index (χ0) is 34.5. The SMILES string of the molecule is CCCCCCCCCCC(CC(N)=O)(C(=O)[O-])S(=O)(=O)O.CCCCCCCCCCC(CC(N)=O)(C(=O)[O-])S(=O)(=O)O.[NH4+].[NH4+]. The van der Waals surface area contributed by atoms with Crippen LogP contribution in [0, 0.1) is 0 Å². The first-order valence-electron chi connectivity index (χ1n) is 15.3. The smallest absolute Gasteiger partial charge is 0.276 e. The number of amides is 2. The van der Waals surface area contributed by atoms with Crippen molar-refractivity contribution >= 4 is 44.0 Å². The Hall–Kier alpha value is -2.38. The molecule has 0 aliphatic heterocycles. The van der Waals surface area contributed by atoms with Gasteiger partial charge in [0.2, 0.25) is 11.8 Å². The molecule has 18 heteroatoms. The molecule has 2 amide bonds. The fraction of sp³-hybridized carbons (Fsp3) is 0.857. The number of hydrogen-bond donors (Lipinski definition) is 6. The number of rotatable bonds is 26. The number of carboxylic acids is 2. The fourth-order valence-electron chi connectivity index (χ4n) is 4.83. The fourth-order valence-corrected chi connectivity index (χ4v) is 6.70. The monoisotopic (exact) mass is 708 g/mol. The summed E-state index contributed by atoms with van der Waals surface area (Å²) in [7, 11) is -9.98. The van der Waals surface area contributed by atoms with Crippen molar-refractivity contribution < 1.29 is 55.3 Å². The molecule has 2 unspecified atom stereocenters. The van der Waals surface area contributed by atoms with E-state index in [1.165, 1.54) is 12.8 Å². The van der Waals surface area contributed by atoms with Crippen LogP contribution in [0.1, 0.15) is 142 Å². The topological polar surface area (TPSA) is 348 Å². The van der Waals surface area contributed by atoms with Gasteiger partial charge in [0.15, 0.2) is 0 Å². The molecule has 0 rings (SSSR count). The standard InChI is InChI=1S/2C14H27NO6S.2H3N/c2*1-2-3-4-5-6-7-8-9-10-14(13(17)18,11-12(15)16)22(19,20)21;;/h2*2-11H2,1H3,(H2,15,16)(H,17,18)(H,19,20,21);2*1H3. The lowest BCUT2D eigenvalue weighted by atomic mass is 9.95. The molecule has 276 valence electrons. The van der Waals surface area contributed by atoms with Gasteiger partial charge in [0.1, 0.15) is 9.49 Å². The molecule has 0 aliphatic rings. The number of primary amides is 2. The van der Waals surface area contributed by atoms with E-state index in [0.717, 1.165) is 64.2 Å². The van der Waals surface area contributed by atoms with Crippen molar-refractivity contribution in [3.63, 3.8) is 0 Å². The molecule has 0 radical (unpaired) electrons. The molecule has 0 aromatic carbocycles. The molecule has 0 aromatic heterocycles. The van der Waals surface area contributed by atoms with E-state index in [4.69, 9.17) is 11.5 Å². The highest BCUT2D eigenvalue weighted by Gasteiger charge is 2.46. The summed E-state index contributed by atoms with van der Waals surface area (Å²) in [4.78, 5) is 44.3. The Kier molecular flexibility index (Phi) is 28.2. The van der Waals surface area contributed by atoms with Crippen LogP contribution >= 0.6 is 0 Å². The lowest BCUT2D eigenvalue weighted by molar-refractivity contribution is -0.311. The predicted molar refractivity (Wildman–Crippen MR) is 173 cm³/mol. The molecular formula is C28H60N4O12S2. The highest BCUT2D eigenvalue weighted by molar-refractivity contribution is 7.88. The number of carbonyl (C=O) groups is 4. The van der Waals surface area contributed by atoms with Gasteiger partial charge in [-0.15, -0.1) is 0 Å². The number of unbranched alkanes of at least 4 members (excludes halogenated alkanes) is 14. The molecule has 0 spiro atoms.